The van der Waals surface area contributed by atoms with Crippen molar-refractivity contribution < 1.29 is 4.74 Å². The molecule has 1 aromatic carbocycles. The van der Waals surface area contributed by atoms with Gasteiger partial charge in [0.25, 0.3) is 0 Å². The first-order chi connectivity index (χ1) is 9.17. The van der Waals surface area contributed by atoms with Gasteiger partial charge in [0.15, 0.2) is 0 Å². The maximum atomic E-state index is 5.63. The van der Waals surface area contributed by atoms with Gasteiger partial charge in [0, 0.05) is 0 Å². The molecule has 2 aromatic rings. The van der Waals surface area contributed by atoms with E-state index >= 15 is 0 Å². The minimum Gasteiger partial charge on any atom is -0.497 e. The largest absolute Gasteiger partial charge is 0.497 e. The molecule has 0 aliphatic carbocycles. The molecule has 0 aliphatic heterocycles. The van der Waals surface area contributed by atoms with Crippen molar-refractivity contribution in [1.82, 2.24) is 15.0 Å². The van der Waals surface area contributed by atoms with E-state index in [0.717, 1.165) is 11.3 Å². The van der Waals surface area contributed by atoms with Crippen molar-refractivity contribution in [1.29, 1.82) is 0 Å². The highest BCUT2D eigenvalue weighted by Gasteiger charge is 2.00. The number of nitrogens with zero attached hydrogens (tertiary/aromatic N) is 4. The topological polar surface area (TPSA) is 72.3 Å². The number of hydrogen-bond acceptors (Lipinski definition) is 6. The zero-order valence-electron chi connectivity index (χ0n) is 9.84. The molecule has 0 unspecified atom stereocenters. The summed E-state index contributed by atoms with van der Waals surface area (Å²) < 4.78 is 5.05. The van der Waals surface area contributed by atoms with Crippen LogP contribution in [-0.4, -0.2) is 28.3 Å². The fraction of sp³-hybridized carbons (Fsp3) is 0.0909. The van der Waals surface area contributed by atoms with E-state index in [4.69, 9.17) is 27.9 Å². The Morgan fingerprint density at radius 1 is 1.11 bits per heavy atom. The number of aromatic nitrogens is 3. The number of rotatable bonds is 4. The summed E-state index contributed by atoms with van der Waals surface area (Å²) in [6.07, 6.45) is 1.60. The lowest BCUT2D eigenvalue weighted by Crippen LogP contribution is -1.99. The lowest BCUT2D eigenvalue weighted by atomic mass is 10.2. The van der Waals surface area contributed by atoms with Crippen molar-refractivity contribution in [2.45, 2.75) is 0 Å². The molecule has 0 aliphatic rings. The normalized spacial score (nSPS) is 10.7. The van der Waals surface area contributed by atoms with Crippen molar-refractivity contribution in [3.8, 4) is 5.75 Å². The maximum absolute atomic E-state index is 5.63. The van der Waals surface area contributed by atoms with Gasteiger partial charge in [0.2, 0.25) is 16.5 Å². The monoisotopic (exact) mass is 297 g/mol. The average molecular weight is 298 g/mol. The maximum Gasteiger partial charge on any atom is 0.249 e. The van der Waals surface area contributed by atoms with Gasteiger partial charge < -0.3 is 4.74 Å². The molecule has 19 heavy (non-hydrogen) atoms. The zero-order chi connectivity index (χ0) is 13.7. The molecule has 0 saturated carbocycles. The third-order valence-electron chi connectivity index (χ3n) is 2.07. The summed E-state index contributed by atoms with van der Waals surface area (Å²) >= 11 is 11.3. The van der Waals surface area contributed by atoms with Crippen LogP contribution in [0.1, 0.15) is 5.56 Å². The number of benzene rings is 1. The number of hydrogen-bond donors (Lipinski definition) is 1. The molecule has 1 aromatic heterocycles. The Morgan fingerprint density at radius 3 is 2.32 bits per heavy atom. The zero-order valence-corrected chi connectivity index (χ0v) is 11.4. The molecule has 0 atom stereocenters. The van der Waals surface area contributed by atoms with Gasteiger partial charge in [-0.25, -0.2) is 5.43 Å². The van der Waals surface area contributed by atoms with Gasteiger partial charge in [-0.2, -0.15) is 20.1 Å². The van der Waals surface area contributed by atoms with Crippen LogP contribution < -0.4 is 10.2 Å². The summed E-state index contributed by atoms with van der Waals surface area (Å²) in [6.45, 7) is 0. The van der Waals surface area contributed by atoms with Gasteiger partial charge in [-0.3, -0.25) is 0 Å². The van der Waals surface area contributed by atoms with Crippen molar-refractivity contribution in [2.75, 3.05) is 12.5 Å². The van der Waals surface area contributed by atoms with E-state index < -0.39 is 0 Å². The fourth-order valence-electron chi connectivity index (χ4n) is 1.23. The van der Waals surface area contributed by atoms with E-state index in [2.05, 4.69) is 25.5 Å². The second-order valence-corrected chi connectivity index (χ2v) is 4.02. The predicted octanol–water partition coefficient (Wildman–Crippen LogP) is 2.63. The smallest absolute Gasteiger partial charge is 0.249 e. The standard InChI is InChI=1S/C11H9Cl2N5O/c1-19-8-4-2-7(3-5-8)6-14-18-11-16-9(12)15-10(13)17-11/h2-6H,1H3,(H,15,16,17,18)/b14-6+. The summed E-state index contributed by atoms with van der Waals surface area (Å²) in [4.78, 5) is 11.2. The second-order valence-electron chi connectivity index (χ2n) is 3.34. The predicted molar refractivity (Wildman–Crippen MR) is 74.1 cm³/mol. The number of nitrogens with one attached hydrogen (secondary N) is 1. The van der Waals surface area contributed by atoms with E-state index in [0.29, 0.717) is 0 Å². The molecule has 0 radical (unpaired) electrons. The third-order valence-corrected chi connectivity index (χ3v) is 2.41. The Bertz CT molecular complexity index is 568. The molecule has 0 spiro atoms. The molecular formula is C11H9Cl2N5O. The third kappa shape index (κ3) is 4.04. The number of ether oxygens (including phenoxy) is 1. The lowest BCUT2D eigenvalue weighted by molar-refractivity contribution is 0.415. The van der Waals surface area contributed by atoms with Crippen LogP contribution in [0.25, 0.3) is 0 Å². The number of methoxy groups -OCH3 is 1. The van der Waals surface area contributed by atoms with Crippen LogP contribution in [-0.2, 0) is 0 Å². The fourth-order valence-corrected chi connectivity index (χ4v) is 1.59. The van der Waals surface area contributed by atoms with Crippen molar-refractivity contribution in [2.24, 2.45) is 5.10 Å². The molecular weight excluding hydrogens is 289 g/mol. The molecule has 2 rings (SSSR count). The number of anilines is 1. The Morgan fingerprint density at radius 2 is 1.74 bits per heavy atom. The summed E-state index contributed by atoms with van der Waals surface area (Å²) in [7, 11) is 1.61. The molecule has 8 heteroatoms. The quantitative estimate of drug-likeness (QED) is 0.694. The highest BCUT2D eigenvalue weighted by molar-refractivity contribution is 6.31. The molecule has 1 N–H and O–H groups in total. The Hall–Kier alpha value is -1.92. The van der Waals surface area contributed by atoms with Crippen LogP contribution in [0.2, 0.25) is 10.6 Å². The van der Waals surface area contributed by atoms with Gasteiger partial charge in [-0.15, -0.1) is 0 Å². The highest BCUT2D eigenvalue weighted by atomic mass is 35.5. The first-order valence-corrected chi connectivity index (χ1v) is 5.93. The summed E-state index contributed by atoms with van der Waals surface area (Å²) in [5.41, 5.74) is 3.50. The first kappa shape index (κ1) is 13.5. The molecule has 0 bridgehead atoms. The summed E-state index contributed by atoms with van der Waals surface area (Å²) in [6, 6.07) is 7.38. The van der Waals surface area contributed by atoms with Crippen LogP contribution in [0.4, 0.5) is 5.95 Å². The first-order valence-electron chi connectivity index (χ1n) is 5.17. The molecule has 98 valence electrons. The van der Waals surface area contributed by atoms with Crippen LogP contribution in [0.3, 0.4) is 0 Å². The SMILES string of the molecule is COc1ccc(/C=N/Nc2nc(Cl)nc(Cl)n2)cc1. The summed E-state index contributed by atoms with van der Waals surface area (Å²) in [5, 5.41) is 3.97. The molecule has 1 heterocycles. The molecule has 0 saturated heterocycles. The van der Waals surface area contributed by atoms with Crippen LogP contribution in [0.5, 0.6) is 5.75 Å². The molecule has 0 fully saturated rings. The Kier molecular flexibility index (Phi) is 4.48. The van der Waals surface area contributed by atoms with Gasteiger partial charge in [-0.05, 0) is 53.0 Å². The Labute approximate surface area is 119 Å². The minimum absolute atomic E-state index is 0.00199. The van der Waals surface area contributed by atoms with Crippen molar-refractivity contribution in [3.63, 3.8) is 0 Å². The molecule has 0 amide bonds. The van der Waals surface area contributed by atoms with E-state index in [1.165, 1.54) is 0 Å². The van der Waals surface area contributed by atoms with Crippen molar-refractivity contribution >= 4 is 35.4 Å². The van der Waals surface area contributed by atoms with E-state index in [-0.39, 0.29) is 16.5 Å². The van der Waals surface area contributed by atoms with Crippen LogP contribution in [0.15, 0.2) is 29.4 Å². The number of halogens is 2. The highest BCUT2D eigenvalue weighted by Crippen LogP contribution is 2.11. The van der Waals surface area contributed by atoms with E-state index in [9.17, 15) is 0 Å². The van der Waals surface area contributed by atoms with Crippen LogP contribution in [0, 0.1) is 0 Å². The van der Waals surface area contributed by atoms with Gasteiger partial charge >= 0.3 is 0 Å². The van der Waals surface area contributed by atoms with Crippen LogP contribution >= 0.6 is 23.2 Å². The average Bonchev–Trinajstić information content (AvgIpc) is 2.38. The Balaban J connectivity index is 2.02. The van der Waals surface area contributed by atoms with Gasteiger partial charge in [0.05, 0.1) is 13.3 Å². The van der Waals surface area contributed by atoms with Gasteiger partial charge in [-0.1, -0.05) is 0 Å². The van der Waals surface area contributed by atoms with Crippen molar-refractivity contribution in [3.05, 3.63) is 40.4 Å². The van der Waals surface area contributed by atoms with E-state index in [1.807, 2.05) is 24.3 Å². The summed E-state index contributed by atoms with van der Waals surface area (Å²) in [5.74, 6) is 0.955. The lowest BCUT2D eigenvalue weighted by Gasteiger charge is -2.00. The molecule has 6 nitrogen and oxygen atoms in total. The minimum atomic E-state index is 0.00199. The second kappa shape index (κ2) is 6.31. The van der Waals surface area contributed by atoms with Gasteiger partial charge in [0.1, 0.15) is 5.75 Å². The number of hydrazone groups is 1. The van der Waals surface area contributed by atoms with E-state index in [1.54, 1.807) is 13.3 Å².